The second-order valence-electron chi connectivity index (χ2n) is 17.7. The number of nitriles is 2. The highest BCUT2D eigenvalue weighted by Crippen LogP contribution is 2.54. The molecular formula is C41H48N10O11. The highest BCUT2D eigenvalue weighted by atomic mass is 16.8. The van der Waals surface area contributed by atoms with Crippen LogP contribution in [0.4, 0.5) is 16.4 Å². The van der Waals surface area contributed by atoms with Gasteiger partial charge in [0.2, 0.25) is 0 Å². The summed E-state index contributed by atoms with van der Waals surface area (Å²) in [7, 11) is 0. The SMILES string of the molecule is CC1(C)OC2C(O1)[C@](C#N)(CC1CC(OC(=O)OC3CCOC(C[C@]4(C#N)O[C@@H](c5ccc6c(N)ncnn56)C5OC(C)(C)OC54)C3)CCO1)O[C@H]2c1ccc2c(N)ncnn12. The van der Waals surface area contributed by atoms with Crippen LogP contribution in [-0.4, -0.2) is 120 Å². The Balaban J connectivity index is 0.786. The van der Waals surface area contributed by atoms with Crippen molar-refractivity contribution in [2.45, 2.75) is 150 Å². The van der Waals surface area contributed by atoms with Crippen LogP contribution >= 0.6 is 0 Å². The van der Waals surface area contributed by atoms with Crippen molar-refractivity contribution < 1.29 is 52.2 Å². The molecule has 21 nitrogen and oxygen atoms in total. The van der Waals surface area contributed by atoms with Gasteiger partial charge < -0.3 is 58.8 Å². The highest BCUT2D eigenvalue weighted by Gasteiger charge is 2.66. The van der Waals surface area contributed by atoms with E-state index >= 15 is 0 Å². The summed E-state index contributed by atoms with van der Waals surface area (Å²) in [5, 5.41) is 30.3. The van der Waals surface area contributed by atoms with Crippen LogP contribution in [-0.2, 0) is 47.4 Å². The molecule has 4 N–H and O–H groups in total. The van der Waals surface area contributed by atoms with Crippen molar-refractivity contribution >= 4 is 28.8 Å². The molecule has 6 aliphatic rings. The number of ether oxygens (including phenoxy) is 10. The third-order valence-electron chi connectivity index (χ3n) is 12.7. The minimum absolute atomic E-state index is 0.122. The zero-order valence-electron chi connectivity index (χ0n) is 34.6. The Bertz CT molecular complexity index is 2300. The summed E-state index contributed by atoms with van der Waals surface area (Å²) in [6.07, 6.45) is -2.82. The summed E-state index contributed by atoms with van der Waals surface area (Å²) in [6, 6.07) is 12.0. The molecule has 0 spiro atoms. The van der Waals surface area contributed by atoms with E-state index < -0.39 is 90.0 Å². The maximum Gasteiger partial charge on any atom is 0.508 e. The summed E-state index contributed by atoms with van der Waals surface area (Å²) in [4.78, 5) is 21.5. The van der Waals surface area contributed by atoms with Gasteiger partial charge >= 0.3 is 6.16 Å². The van der Waals surface area contributed by atoms with Crippen molar-refractivity contribution in [3.63, 3.8) is 0 Å². The number of nitrogen functional groups attached to an aromatic ring is 2. The van der Waals surface area contributed by atoms with Gasteiger partial charge in [-0.1, -0.05) is 0 Å². The first-order valence-corrected chi connectivity index (χ1v) is 20.9. The standard InChI is InChI=1S/C41H48N10O11/c1-38(2)57-31-29(25-5-7-27-35(44)46-19-48-50(25)27)59-40(17-42,33(31)61-38)15-23-13-21(9-11-53-23)55-37(52)56-22-10-12-54-24(14-22)16-41(18-43)34-32(58-39(3,4)62-34)30(60-41)26-6-8-28-36(45)47-20-49-51(26)28/h5-8,19-24,29-34H,9-16H2,1-4H3,(H2,44,46,48)(H2,45,47,49)/t21?,22?,23?,24?,29-,30-,31?,32?,33?,34?,40+,41+/m0/s1. The Hall–Kier alpha value is -5.23. The van der Waals surface area contributed by atoms with Gasteiger partial charge in [-0.3, -0.25) is 0 Å². The van der Waals surface area contributed by atoms with Crippen molar-refractivity contribution in [1.29, 1.82) is 10.5 Å². The van der Waals surface area contributed by atoms with E-state index in [0.29, 0.717) is 59.7 Å². The molecule has 0 amide bonds. The lowest BCUT2D eigenvalue weighted by molar-refractivity contribution is -0.207. The lowest BCUT2D eigenvalue weighted by Gasteiger charge is -2.36. The summed E-state index contributed by atoms with van der Waals surface area (Å²) in [6.45, 7) is 7.74. The van der Waals surface area contributed by atoms with Crippen LogP contribution in [0.5, 0.6) is 0 Å². The van der Waals surface area contributed by atoms with Gasteiger partial charge in [0.25, 0.3) is 0 Å². The van der Waals surface area contributed by atoms with E-state index in [0.717, 1.165) is 0 Å². The quantitative estimate of drug-likeness (QED) is 0.240. The van der Waals surface area contributed by atoms with Crippen molar-refractivity contribution in [3.05, 3.63) is 48.3 Å². The third-order valence-corrected chi connectivity index (χ3v) is 12.7. The monoisotopic (exact) mass is 856 g/mol. The van der Waals surface area contributed by atoms with Crippen LogP contribution < -0.4 is 11.5 Å². The number of hydrogen-bond acceptors (Lipinski definition) is 19. The molecule has 4 aromatic rings. The smallest absolute Gasteiger partial charge is 0.431 e. The number of nitrogens with two attached hydrogens (primary N) is 2. The molecule has 10 heterocycles. The van der Waals surface area contributed by atoms with Crippen molar-refractivity contribution in [2.24, 2.45) is 0 Å². The third kappa shape index (κ3) is 6.97. The zero-order chi connectivity index (χ0) is 43.2. The van der Waals surface area contributed by atoms with Crippen LogP contribution in [0.1, 0.15) is 89.8 Å². The van der Waals surface area contributed by atoms with Gasteiger partial charge in [-0.15, -0.1) is 0 Å². The zero-order valence-corrected chi connectivity index (χ0v) is 34.6. The molecule has 0 radical (unpaired) electrons. The average Bonchev–Trinajstić information content (AvgIpc) is 4.07. The van der Waals surface area contributed by atoms with E-state index in [1.54, 1.807) is 48.9 Å². The van der Waals surface area contributed by atoms with Crippen molar-refractivity contribution in [2.75, 3.05) is 24.7 Å². The fourth-order valence-corrected chi connectivity index (χ4v) is 10.1. The predicted octanol–water partition coefficient (Wildman–Crippen LogP) is 3.37. The van der Waals surface area contributed by atoms with Crippen LogP contribution in [0.2, 0.25) is 0 Å². The Morgan fingerprint density at radius 1 is 0.710 bits per heavy atom. The van der Waals surface area contributed by atoms with E-state index in [-0.39, 0.29) is 26.1 Å². The molecule has 10 rings (SSSR count). The van der Waals surface area contributed by atoms with E-state index in [1.807, 2.05) is 12.1 Å². The van der Waals surface area contributed by atoms with Crippen molar-refractivity contribution in [3.8, 4) is 12.1 Å². The highest BCUT2D eigenvalue weighted by molar-refractivity contribution is 5.66. The topological polar surface area (TPSA) is 269 Å². The minimum Gasteiger partial charge on any atom is -0.431 e. The fraction of sp³-hybridized carbons (Fsp3) is 0.634. The molecule has 21 heteroatoms. The Labute approximate surface area is 355 Å². The molecule has 12 atom stereocenters. The van der Waals surface area contributed by atoms with Gasteiger partial charge in [0.15, 0.2) is 34.4 Å². The minimum atomic E-state index is -1.47. The van der Waals surface area contributed by atoms with E-state index in [4.69, 9.17) is 58.8 Å². The Morgan fingerprint density at radius 3 is 1.56 bits per heavy atom. The molecule has 6 saturated heterocycles. The molecular weight excluding hydrogens is 809 g/mol. The number of nitrogens with zero attached hydrogens (tertiary/aromatic N) is 8. The number of fused-ring (bicyclic) bond motifs is 4. The molecule has 62 heavy (non-hydrogen) atoms. The van der Waals surface area contributed by atoms with Gasteiger partial charge in [0.1, 0.15) is 84.7 Å². The van der Waals surface area contributed by atoms with Crippen molar-refractivity contribution in [1.82, 2.24) is 29.2 Å². The lowest BCUT2D eigenvalue weighted by atomic mass is 9.87. The second-order valence-corrected chi connectivity index (χ2v) is 17.7. The first kappa shape index (κ1) is 40.8. The van der Waals surface area contributed by atoms with E-state index in [2.05, 4.69) is 32.3 Å². The molecule has 6 fully saturated rings. The lowest BCUT2D eigenvalue weighted by Crippen LogP contribution is -2.47. The predicted molar refractivity (Wildman–Crippen MR) is 209 cm³/mol. The number of hydrogen-bond donors (Lipinski definition) is 2. The molecule has 0 bridgehead atoms. The molecule has 4 aromatic heterocycles. The van der Waals surface area contributed by atoms with E-state index in [9.17, 15) is 15.3 Å². The van der Waals surface area contributed by atoms with Gasteiger partial charge in [0.05, 0.1) is 36.8 Å². The maximum absolute atomic E-state index is 13.4. The first-order valence-electron chi connectivity index (χ1n) is 20.9. The number of anilines is 2. The Morgan fingerprint density at radius 2 is 1.15 bits per heavy atom. The summed E-state index contributed by atoms with van der Waals surface area (Å²) >= 11 is 0. The fourth-order valence-electron chi connectivity index (χ4n) is 10.1. The Kier molecular flexibility index (Phi) is 9.85. The number of carbonyl (C=O) groups excluding carboxylic acids is 1. The summed E-state index contributed by atoms with van der Waals surface area (Å²) in [5.41, 5.74) is 11.7. The maximum atomic E-state index is 13.4. The van der Waals surface area contributed by atoms with Gasteiger partial charge in [-0.05, 0) is 52.0 Å². The van der Waals surface area contributed by atoms with Gasteiger partial charge in [-0.2, -0.15) is 20.7 Å². The molecule has 0 saturated carbocycles. The number of carbonyl (C=O) groups is 1. The van der Waals surface area contributed by atoms with Gasteiger partial charge in [0, 0.05) is 38.5 Å². The van der Waals surface area contributed by atoms with Crippen LogP contribution in [0.25, 0.3) is 11.0 Å². The van der Waals surface area contributed by atoms with Crippen LogP contribution in [0, 0.1) is 22.7 Å². The van der Waals surface area contributed by atoms with Gasteiger partial charge in [-0.25, -0.2) is 23.8 Å². The normalized spacial score (nSPS) is 37.1. The molecule has 0 aromatic carbocycles. The largest absolute Gasteiger partial charge is 0.508 e. The average molecular weight is 857 g/mol. The van der Waals surface area contributed by atoms with E-state index in [1.165, 1.54) is 12.7 Å². The molecule has 0 aliphatic carbocycles. The molecule has 6 aliphatic heterocycles. The second kappa shape index (κ2) is 15.0. The summed E-state index contributed by atoms with van der Waals surface area (Å²) in [5.74, 6) is -1.38. The van der Waals surface area contributed by atoms with Crippen LogP contribution in [0.3, 0.4) is 0 Å². The van der Waals surface area contributed by atoms with Crippen LogP contribution in [0.15, 0.2) is 36.9 Å². The summed E-state index contributed by atoms with van der Waals surface area (Å²) < 4.78 is 65.9. The number of rotatable bonds is 8. The number of aromatic nitrogens is 6. The molecule has 8 unspecified atom stereocenters. The first-order chi connectivity index (χ1) is 29.7. The molecule has 328 valence electrons.